The number of amides is 3. The van der Waals surface area contributed by atoms with Crippen LogP contribution in [0, 0.1) is 11.3 Å². The van der Waals surface area contributed by atoms with E-state index in [1.807, 2.05) is 36.4 Å². The summed E-state index contributed by atoms with van der Waals surface area (Å²) < 4.78 is 17.0. The first-order valence-corrected chi connectivity index (χ1v) is 18.5. The van der Waals surface area contributed by atoms with Crippen LogP contribution in [0.5, 0.6) is 11.5 Å². The Kier molecular flexibility index (Phi) is 11.3. The molecule has 288 valence electrons. The number of ether oxygens (including phenoxy) is 3. The van der Waals surface area contributed by atoms with E-state index in [9.17, 15) is 24.3 Å². The minimum atomic E-state index is -1.32. The largest absolute Gasteiger partial charge is 0.489 e. The number of rotatable bonds is 10. The minimum absolute atomic E-state index is 0.0188. The Labute approximate surface area is 337 Å². The van der Waals surface area contributed by atoms with Gasteiger partial charge in [0.05, 0.1) is 31.0 Å². The van der Waals surface area contributed by atoms with Crippen LogP contribution in [0.2, 0.25) is 10.0 Å². The molecule has 1 unspecified atom stereocenters. The van der Waals surface area contributed by atoms with Crippen LogP contribution < -0.4 is 20.1 Å². The molecule has 0 saturated carbocycles. The third-order valence-corrected chi connectivity index (χ3v) is 10.5. The highest BCUT2D eigenvalue weighted by molar-refractivity contribution is 6.33. The molecule has 0 aromatic heterocycles. The van der Waals surface area contributed by atoms with E-state index in [1.54, 1.807) is 66.7 Å². The van der Waals surface area contributed by atoms with E-state index < -0.39 is 42.1 Å². The summed E-state index contributed by atoms with van der Waals surface area (Å²) in [5, 5.41) is 25.9. The molecule has 12 nitrogen and oxygen atoms in total. The summed E-state index contributed by atoms with van der Waals surface area (Å²) in [7, 11) is 1.21. The van der Waals surface area contributed by atoms with Crippen molar-refractivity contribution in [1.82, 2.24) is 10.2 Å². The molecule has 0 bridgehead atoms. The lowest BCUT2D eigenvalue weighted by Gasteiger charge is -2.36. The van der Waals surface area contributed by atoms with Crippen LogP contribution in [0.1, 0.15) is 39.5 Å². The Bertz CT molecular complexity index is 2400. The van der Waals surface area contributed by atoms with E-state index in [1.165, 1.54) is 7.11 Å². The highest BCUT2D eigenvalue weighted by Crippen LogP contribution is 2.40. The second-order valence-electron chi connectivity index (χ2n) is 13.5. The maximum absolute atomic E-state index is 13.8. The van der Waals surface area contributed by atoms with Gasteiger partial charge in [-0.05, 0) is 82.4 Å². The zero-order valence-electron chi connectivity index (χ0n) is 30.3. The Morgan fingerprint density at radius 3 is 2.33 bits per heavy atom. The van der Waals surface area contributed by atoms with E-state index in [0.29, 0.717) is 49.5 Å². The molecular weight excluding hydrogens is 771 g/mol. The van der Waals surface area contributed by atoms with Gasteiger partial charge >= 0.3 is 12.1 Å². The highest BCUT2D eigenvalue weighted by Gasteiger charge is 2.38. The second-order valence-corrected chi connectivity index (χ2v) is 14.3. The number of anilines is 1. The smallest absolute Gasteiger partial charge is 0.408 e. The van der Waals surface area contributed by atoms with Crippen LogP contribution in [0.3, 0.4) is 0 Å². The molecule has 0 radical (unpaired) electrons. The summed E-state index contributed by atoms with van der Waals surface area (Å²) in [5.41, 5.74) is 6.00. The standard InChI is InChI=1S/C43H34Cl2N4O8/c1-55-42(52)36(16-24-2-6-26(7-3-24)27-8-4-25(21-46)5-9-27)48-40(50)37-19-29-18-35-38(20-30(29)22-49(37)43(53)54)57-39(41(51)47-35)28-10-13-33(14-11-28)56-23-31-17-32(44)12-15-34(31)45/h2-15,17-18,20,36-37,39H,16,19,22-23H2,1H3,(H,47,51)(H,48,50)(H,53,54)/t36-,37?,39-/m0/s1. The van der Waals surface area contributed by atoms with Crippen molar-refractivity contribution in [3.05, 3.63) is 147 Å². The maximum atomic E-state index is 13.8. The number of esters is 1. The Hall–Kier alpha value is -6.55. The highest BCUT2D eigenvalue weighted by atomic mass is 35.5. The van der Waals surface area contributed by atoms with Crippen molar-refractivity contribution in [2.24, 2.45) is 0 Å². The average Bonchev–Trinajstić information content (AvgIpc) is 3.22. The number of nitriles is 1. The van der Waals surface area contributed by atoms with Gasteiger partial charge in [0.2, 0.25) is 12.0 Å². The van der Waals surface area contributed by atoms with Gasteiger partial charge in [0, 0.05) is 34.0 Å². The van der Waals surface area contributed by atoms with Gasteiger partial charge < -0.3 is 30.0 Å². The van der Waals surface area contributed by atoms with Crippen molar-refractivity contribution < 1.29 is 38.5 Å². The fraction of sp³-hybridized carbons (Fsp3) is 0.186. The van der Waals surface area contributed by atoms with Crippen LogP contribution in [0.15, 0.2) is 103 Å². The average molecular weight is 806 g/mol. The number of hydrogen-bond donors (Lipinski definition) is 3. The summed E-state index contributed by atoms with van der Waals surface area (Å²) in [6.45, 7) is 0.0526. The Morgan fingerprint density at radius 2 is 1.67 bits per heavy atom. The topological polar surface area (TPSA) is 167 Å². The summed E-state index contributed by atoms with van der Waals surface area (Å²) in [6, 6.07) is 29.7. The van der Waals surface area contributed by atoms with E-state index >= 15 is 0 Å². The Morgan fingerprint density at radius 1 is 0.965 bits per heavy atom. The lowest BCUT2D eigenvalue weighted by Crippen LogP contribution is -2.55. The molecule has 14 heteroatoms. The van der Waals surface area contributed by atoms with Crippen molar-refractivity contribution >= 4 is 52.8 Å². The van der Waals surface area contributed by atoms with Crippen LogP contribution >= 0.6 is 23.2 Å². The van der Waals surface area contributed by atoms with E-state index in [-0.39, 0.29) is 26.0 Å². The number of halogens is 2. The zero-order valence-corrected chi connectivity index (χ0v) is 31.8. The van der Waals surface area contributed by atoms with Gasteiger partial charge in [-0.15, -0.1) is 0 Å². The normalized spacial score (nSPS) is 16.1. The van der Waals surface area contributed by atoms with Gasteiger partial charge in [0.25, 0.3) is 5.91 Å². The molecule has 2 heterocycles. The summed E-state index contributed by atoms with van der Waals surface area (Å²) in [6.07, 6.45) is -2.24. The monoisotopic (exact) mass is 804 g/mol. The molecule has 5 aromatic rings. The molecule has 0 saturated heterocycles. The van der Waals surface area contributed by atoms with Crippen molar-refractivity contribution in [2.45, 2.75) is 44.2 Å². The maximum Gasteiger partial charge on any atom is 0.408 e. The molecule has 2 aliphatic rings. The van der Waals surface area contributed by atoms with Gasteiger partial charge in [0.15, 0.2) is 0 Å². The quantitative estimate of drug-likeness (QED) is 0.121. The number of benzene rings is 5. The number of carboxylic acid groups (broad SMARTS) is 1. The van der Waals surface area contributed by atoms with Crippen molar-refractivity contribution in [3.8, 4) is 28.7 Å². The minimum Gasteiger partial charge on any atom is -0.489 e. The van der Waals surface area contributed by atoms with E-state index in [0.717, 1.165) is 27.2 Å². The molecule has 0 fully saturated rings. The van der Waals surface area contributed by atoms with E-state index in [2.05, 4.69) is 16.7 Å². The third kappa shape index (κ3) is 8.65. The first-order valence-electron chi connectivity index (χ1n) is 17.8. The van der Waals surface area contributed by atoms with Gasteiger partial charge in [-0.25, -0.2) is 9.59 Å². The predicted octanol–water partition coefficient (Wildman–Crippen LogP) is 7.49. The molecule has 2 aliphatic heterocycles. The molecular formula is C43H34Cl2N4O8. The van der Waals surface area contributed by atoms with Crippen molar-refractivity contribution in [3.63, 3.8) is 0 Å². The molecule has 3 amide bonds. The fourth-order valence-electron chi connectivity index (χ4n) is 6.81. The molecule has 0 aliphatic carbocycles. The van der Waals surface area contributed by atoms with Gasteiger partial charge in [-0.3, -0.25) is 14.5 Å². The zero-order chi connectivity index (χ0) is 40.2. The summed E-state index contributed by atoms with van der Waals surface area (Å²) in [5.74, 6) is -0.886. The number of hydrogen-bond acceptors (Lipinski definition) is 8. The first-order chi connectivity index (χ1) is 27.5. The van der Waals surface area contributed by atoms with Crippen molar-refractivity contribution in [1.29, 1.82) is 5.26 Å². The molecule has 7 rings (SSSR count). The lowest BCUT2D eigenvalue weighted by atomic mass is 9.92. The molecule has 5 aromatic carbocycles. The van der Waals surface area contributed by atoms with Crippen LogP contribution in [0.4, 0.5) is 10.5 Å². The fourth-order valence-corrected chi connectivity index (χ4v) is 7.18. The van der Waals surface area contributed by atoms with Crippen molar-refractivity contribution in [2.75, 3.05) is 12.4 Å². The summed E-state index contributed by atoms with van der Waals surface area (Å²) >= 11 is 12.3. The number of carbonyl (C=O) groups excluding carboxylic acids is 3. The number of nitrogens with zero attached hydrogens (tertiary/aromatic N) is 2. The summed E-state index contributed by atoms with van der Waals surface area (Å²) in [4.78, 5) is 53.5. The first kappa shape index (κ1) is 38.7. The van der Waals surface area contributed by atoms with Gasteiger partial charge in [0.1, 0.15) is 30.2 Å². The van der Waals surface area contributed by atoms with E-state index in [4.69, 9.17) is 42.7 Å². The molecule has 3 N–H and O–H groups in total. The predicted molar refractivity (Wildman–Crippen MR) is 211 cm³/mol. The molecule has 0 spiro atoms. The van der Waals surface area contributed by atoms with Crippen LogP contribution in [0.25, 0.3) is 11.1 Å². The number of fused-ring (bicyclic) bond motifs is 2. The SMILES string of the molecule is COC(=O)[C@H](Cc1ccc(-c2ccc(C#N)cc2)cc1)NC(=O)C1Cc2cc3c(cc2CN1C(=O)O)O[C@@H](c1ccc(OCc2cc(Cl)ccc2Cl)cc1)C(=O)N3. The van der Waals surface area contributed by atoms with Crippen LogP contribution in [-0.2, 0) is 45.1 Å². The van der Waals surface area contributed by atoms with Gasteiger partial charge in [-0.2, -0.15) is 5.26 Å². The number of methoxy groups -OCH3 is 1. The lowest BCUT2D eigenvalue weighted by molar-refractivity contribution is -0.145. The third-order valence-electron chi connectivity index (χ3n) is 9.85. The second kappa shape index (κ2) is 16.7. The molecule has 57 heavy (non-hydrogen) atoms. The number of carbonyl (C=O) groups is 4. The Balaban J connectivity index is 1.03. The molecule has 3 atom stereocenters. The van der Waals surface area contributed by atoms with Crippen LogP contribution in [-0.4, -0.2) is 53.1 Å². The van der Waals surface area contributed by atoms with Gasteiger partial charge in [-0.1, -0.05) is 71.7 Å². The number of nitrogens with one attached hydrogen (secondary N) is 2.